The Labute approximate surface area is 178 Å². The van der Waals surface area contributed by atoms with Crippen LogP contribution in [-0.4, -0.2) is 57.9 Å². The average Bonchev–Trinajstić information content (AvgIpc) is 3.39. The highest BCUT2D eigenvalue weighted by Crippen LogP contribution is 2.40. The number of hydrogen-bond acceptors (Lipinski definition) is 7. The number of fused-ring (bicyclic) bond motifs is 1. The second-order valence-electron chi connectivity index (χ2n) is 7.28. The molecule has 1 atom stereocenters. The van der Waals surface area contributed by atoms with Crippen LogP contribution in [0.15, 0.2) is 60.9 Å². The molecule has 4 aromatic rings. The van der Waals surface area contributed by atoms with Gasteiger partial charge in [-0.2, -0.15) is 9.61 Å². The molecule has 1 aliphatic rings. The second kappa shape index (κ2) is 7.97. The number of nitrogens with zero attached hydrogens (tertiary/aromatic N) is 5. The highest BCUT2D eigenvalue weighted by molar-refractivity contribution is 7.17. The summed E-state index contributed by atoms with van der Waals surface area (Å²) in [6, 6.07) is 18.5. The maximum absolute atomic E-state index is 10.9. The minimum atomic E-state index is -0.0673. The Kier molecular flexibility index (Phi) is 5.02. The van der Waals surface area contributed by atoms with Gasteiger partial charge in [-0.05, 0) is 29.8 Å². The lowest BCUT2D eigenvalue weighted by Gasteiger charge is -2.40. The number of methoxy groups -OCH3 is 1. The highest BCUT2D eigenvalue weighted by Gasteiger charge is 2.31. The molecule has 1 N–H and O–H groups in total. The molecule has 0 spiro atoms. The largest absolute Gasteiger partial charge is 0.497 e. The summed E-state index contributed by atoms with van der Waals surface area (Å²) in [7, 11) is 1.67. The Balaban J connectivity index is 1.47. The molecule has 0 aliphatic carbocycles. The van der Waals surface area contributed by atoms with E-state index in [9.17, 15) is 5.11 Å². The molecule has 0 radical (unpaired) electrons. The van der Waals surface area contributed by atoms with Gasteiger partial charge in [0.15, 0.2) is 0 Å². The van der Waals surface area contributed by atoms with E-state index in [0.717, 1.165) is 42.4 Å². The first kappa shape index (κ1) is 18.9. The summed E-state index contributed by atoms with van der Waals surface area (Å²) in [6.45, 7) is 3.63. The average molecular weight is 422 g/mol. The van der Waals surface area contributed by atoms with Gasteiger partial charge in [-0.1, -0.05) is 41.7 Å². The second-order valence-corrected chi connectivity index (χ2v) is 8.29. The van der Waals surface area contributed by atoms with Crippen LogP contribution >= 0.6 is 11.3 Å². The molecule has 0 unspecified atom stereocenters. The number of hydrogen-bond donors (Lipinski definition) is 1. The van der Waals surface area contributed by atoms with E-state index in [-0.39, 0.29) is 11.9 Å². The van der Waals surface area contributed by atoms with E-state index in [0.29, 0.717) is 4.96 Å². The predicted octanol–water partition coefficient (Wildman–Crippen LogP) is 3.42. The highest BCUT2D eigenvalue weighted by atomic mass is 32.1. The molecule has 8 heteroatoms. The van der Waals surface area contributed by atoms with E-state index in [1.165, 1.54) is 27.9 Å². The molecular weight excluding hydrogens is 398 g/mol. The molecule has 3 heterocycles. The van der Waals surface area contributed by atoms with Gasteiger partial charge in [0.05, 0.1) is 18.0 Å². The van der Waals surface area contributed by atoms with E-state index in [1.54, 1.807) is 7.11 Å². The van der Waals surface area contributed by atoms with Gasteiger partial charge in [0.1, 0.15) is 12.1 Å². The summed E-state index contributed by atoms with van der Waals surface area (Å²) in [6.07, 6.45) is 1.47. The van der Waals surface area contributed by atoms with E-state index < -0.39 is 0 Å². The standard InChI is InChI=1S/C22H23N5O2S/c1-29-18-9-7-16(8-10-18)19(20-21(28)27-22(30-20)23-15-24-27)26-13-11-25(12-14-26)17-5-3-2-4-6-17/h2-10,15,19,28H,11-14H2,1H3/t19-/m0/s1. The molecule has 2 aromatic heterocycles. The zero-order chi connectivity index (χ0) is 20.5. The van der Waals surface area contributed by atoms with E-state index in [4.69, 9.17) is 4.74 Å². The van der Waals surface area contributed by atoms with Gasteiger partial charge >= 0.3 is 0 Å². The zero-order valence-electron chi connectivity index (χ0n) is 16.7. The van der Waals surface area contributed by atoms with Crippen molar-refractivity contribution in [2.75, 3.05) is 38.2 Å². The Hall–Kier alpha value is -3.10. The van der Waals surface area contributed by atoms with E-state index in [2.05, 4.69) is 56.3 Å². The molecule has 0 amide bonds. The molecular formula is C22H23N5O2S. The first-order valence-corrected chi connectivity index (χ1v) is 10.8. The maximum Gasteiger partial charge on any atom is 0.230 e. The summed E-state index contributed by atoms with van der Waals surface area (Å²) in [4.78, 5) is 10.7. The third-order valence-electron chi connectivity index (χ3n) is 5.62. The number of thiazole rings is 1. The SMILES string of the molecule is COc1ccc([C@@H](c2sc3ncnn3c2O)N2CCN(c3ccccc3)CC2)cc1. The van der Waals surface area contributed by atoms with E-state index in [1.807, 2.05) is 18.2 Å². The van der Waals surface area contributed by atoms with Crippen molar-refractivity contribution in [1.29, 1.82) is 0 Å². The minimum absolute atomic E-state index is 0.0673. The Morgan fingerprint density at radius 1 is 1.00 bits per heavy atom. The smallest absolute Gasteiger partial charge is 0.230 e. The van der Waals surface area contributed by atoms with Gasteiger partial charge in [0.2, 0.25) is 10.8 Å². The van der Waals surface area contributed by atoms with Crippen molar-refractivity contribution < 1.29 is 9.84 Å². The van der Waals surface area contributed by atoms with Crippen LogP contribution in [0.1, 0.15) is 16.5 Å². The zero-order valence-corrected chi connectivity index (χ0v) is 17.5. The maximum atomic E-state index is 10.9. The molecule has 5 rings (SSSR count). The third-order valence-corrected chi connectivity index (χ3v) is 6.71. The van der Waals surface area contributed by atoms with Crippen molar-refractivity contribution in [3.05, 3.63) is 71.4 Å². The topological polar surface area (TPSA) is 66.1 Å². The number of aromatic nitrogens is 3. The van der Waals surface area contributed by atoms with Crippen LogP contribution in [0.3, 0.4) is 0 Å². The number of aromatic hydroxyl groups is 1. The molecule has 30 heavy (non-hydrogen) atoms. The van der Waals surface area contributed by atoms with Crippen molar-refractivity contribution in [3.8, 4) is 11.6 Å². The third kappa shape index (κ3) is 3.38. The number of benzene rings is 2. The van der Waals surface area contributed by atoms with Crippen molar-refractivity contribution in [1.82, 2.24) is 19.5 Å². The Morgan fingerprint density at radius 2 is 1.73 bits per heavy atom. The van der Waals surface area contributed by atoms with Gasteiger partial charge in [-0.25, -0.2) is 4.98 Å². The molecule has 1 saturated heterocycles. The van der Waals surface area contributed by atoms with Crippen LogP contribution < -0.4 is 9.64 Å². The fourth-order valence-corrected chi connectivity index (χ4v) is 5.15. The predicted molar refractivity (Wildman–Crippen MR) is 118 cm³/mol. The summed E-state index contributed by atoms with van der Waals surface area (Å²) in [5.41, 5.74) is 2.36. The number of ether oxygens (including phenoxy) is 1. The van der Waals surface area contributed by atoms with Gasteiger partial charge in [-0.3, -0.25) is 4.90 Å². The van der Waals surface area contributed by atoms with Crippen molar-refractivity contribution in [2.45, 2.75) is 6.04 Å². The fourth-order valence-electron chi connectivity index (χ4n) is 4.06. The van der Waals surface area contributed by atoms with Gasteiger partial charge in [0.25, 0.3) is 0 Å². The quantitative estimate of drug-likeness (QED) is 0.533. The van der Waals surface area contributed by atoms with Gasteiger partial charge in [0, 0.05) is 31.9 Å². The Bertz CT molecular complexity index is 1120. The summed E-state index contributed by atoms with van der Waals surface area (Å²) in [5, 5.41) is 15.0. The van der Waals surface area contributed by atoms with Crippen LogP contribution in [0.2, 0.25) is 0 Å². The Morgan fingerprint density at radius 3 is 2.40 bits per heavy atom. The lowest BCUT2D eigenvalue weighted by molar-refractivity contribution is 0.211. The van der Waals surface area contributed by atoms with Gasteiger partial charge < -0.3 is 14.7 Å². The van der Waals surface area contributed by atoms with Crippen molar-refractivity contribution in [2.24, 2.45) is 0 Å². The molecule has 7 nitrogen and oxygen atoms in total. The number of anilines is 1. The van der Waals surface area contributed by atoms with Crippen LogP contribution in [-0.2, 0) is 0 Å². The molecule has 1 fully saturated rings. The normalized spacial score (nSPS) is 16.1. The lowest BCUT2D eigenvalue weighted by atomic mass is 10.0. The van der Waals surface area contributed by atoms with Crippen LogP contribution in [0, 0.1) is 0 Å². The lowest BCUT2D eigenvalue weighted by Crippen LogP contribution is -2.47. The van der Waals surface area contributed by atoms with Crippen molar-refractivity contribution in [3.63, 3.8) is 0 Å². The number of rotatable bonds is 5. The van der Waals surface area contributed by atoms with Crippen LogP contribution in [0.25, 0.3) is 4.96 Å². The minimum Gasteiger partial charge on any atom is -0.497 e. The van der Waals surface area contributed by atoms with E-state index >= 15 is 0 Å². The number of piperazine rings is 1. The first-order valence-electron chi connectivity index (χ1n) is 9.94. The molecule has 0 bridgehead atoms. The molecule has 1 aliphatic heterocycles. The summed E-state index contributed by atoms with van der Waals surface area (Å²) < 4.78 is 6.84. The molecule has 2 aromatic carbocycles. The van der Waals surface area contributed by atoms with Crippen molar-refractivity contribution >= 4 is 22.0 Å². The number of para-hydroxylation sites is 1. The summed E-state index contributed by atoms with van der Waals surface area (Å²) >= 11 is 1.49. The monoisotopic (exact) mass is 421 g/mol. The van der Waals surface area contributed by atoms with Crippen LogP contribution in [0.4, 0.5) is 5.69 Å². The molecule has 154 valence electrons. The van der Waals surface area contributed by atoms with Crippen LogP contribution in [0.5, 0.6) is 11.6 Å². The van der Waals surface area contributed by atoms with Gasteiger partial charge in [-0.15, -0.1) is 0 Å². The molecule has 0 saturated carbocycles. The summed E-state index contributed by atoms with van der Waals surface area (Å²) in [5.74, 6) is 0.983. The fraction of sp³-hybridized carbons (Fsp3) is 0.273. The first-order chi connectivity index (χ1) is 14.7.